The molecule has 0 unspecified atom stereocenters. The van der Waals surface area contributed by atoms with E-state index < -0.39 is 65.7 Å². The Morgan fingerprint density at radius 3 is 1.25 bits per heavy atom. The van der Waals surface area contributed by atoms with Crippen LogP contribution in [0.4, 0.5) is 0 Å². The van der Waals surface area contributed by atoms with E-state index in [1.807, 2.05) is 27.7 Å². The summed E-state index contributed by atoms with van der Waals surface area (Å²) >= 11 is 3.97. The molecule has 18 nitrogen and oxygen atoms in total. The van der Waals surface area contributed by atoms with Crippen LogP contribution in [0.5, 0.6) is 0 Å². The molecule has 48 heavy (non-hydrogen) atoms. The van der Waals surface area contributed by atoms with E-state index in [-0.39, 0.29) is 74.7 Å². The third kappa shape index (κ3) is 19.4. The van der Waals surface area contributed by atoms with Crippen LogP contribution in [0.3, 0.4) is 0 Å². The quantitative estimate of drug-likeness (QED) is 0.0232. The number of aliphatic imine (C=N–C) groups is 2. The molecular formula is C29H55N11O7S. The summed E-state index contributed by atoms with van der Waals surface area (Å²) in [5.41, 5.74) is 21.4. The lowest BCUT2D eigenvalue weighted by Crippen LogP contribution is -2.59. The first-order valence-electron chi connectivity index (χ1n) is 15.8. The van der Waals surface area contributed by atoms with Crippen LogP contribution in [0.1, 0.15) is 73.1 Å². The van der Waals surface area contributed by atoms with Crippen molar-refractivity contribution in [2.75, 3.05) is 18.8 Å². The predicted octanol–water partition coefficient (Wildman–Crippen LogP) is -2.36. The zero-order chi connectivity index (χ0) is 37.0. The number of amides is 5. The highest BCUT2D eigenvalue weighted by Gasteiger charge is 2.32. The molecule has 0 aliphatic rings. The number of thiol groups is 1. The van der Waals surface area contributed by atoms with Crippen molar-refractivity contribution in [3.05, 3.63) is 0 Å². The molecule has 5 atom stereocenters. The van der Waals surface area contributed by atoms with Gasteiger partial charge < -0.3 is 54.6 Å². The SMILES string of the molecule is CC(=O)N[C@@H](CCCN=C(N)N)C(=O)N[C@@H](CC(C)C)C(=O)N[C@@H](CC(C)C)C(=O)N[C@@H](CCCN=C(N)N)C(=O)N[C@H](CS)C(=O)O. The molecule has 0 saturated carbocycles. The van der Waals surface area contributed by atoms with Crippen LogP contribution in [0, 0.1) is 11.8 Å². The second-order valence-corrected chi connectivity index (χ2v) is 12.5. The van der Waals surface area contributed by atoms with Gasteiger partial charge in [0.2, 0.25) is 29.5 Å². The van der Waals surface area contributed by atoms with Crippen molar-refractivity contribution in [3.8, 4) is 0 Å². The average molecular weight is 702 g/mol. The summed E-state index contributed by atoms with van der Waals surface area (Å²) in [5, 5.41) is 22.3. The second kappa shape index (κ2) is 23.1. The van der Waals surface area contributed by atoms with Gasteiger partial charge in [-0.2, -0.15) is 12.6 Å². The number of hydrogen-bond acceptors (Lipinski definition) is 9. The fourth-order valence-corrected chi connectivity index (χ4v) is 4.72. The highest BCUT2D eigenvalue weighted by molar-refractivity contribution is 7.80. The number of carbonyl (C=O) groups excluding carboxylic acids is 5. The molecule has 0 saturated heterocycles. The molecule has 5 amide bonds. The fraction of sp³-hybridized carbons (Fsp3) is 0.724. The van der Waals surface area contributed by atoms with E-state index in [4.69, 9.17) is 22.9 Å². The summed E-state index contributed by atoms with van der Waals surface area (Å²) in [4.78, 5) is 84.6. The first kappa shape index (κ1) is 43.7. The zero-order valence-electron chi connectivity index (χ0n) is 28.5. The van der Waals surface area contributed by atoms with Crippen LogP contribution < -0.4 is 49.5 Å². The summed E-state index contributed by atoms with van der Waals surface area (Å²) in [6.45, 7) is 9.02. The third-order valence-corrected chi connectivity index (χ3v) is 7.06. The van der Waals surface area contributed by atoms with Crippen molar-refractivity contribution >= 4 is 60.1 Å². The number of guanidine groups is 2. The number of carboxylic acids is 1. The number of nitrogens with one attached hydrogen (secondary N) is 5. The molecule has 0 heterocycles. The Morgan fingerprint density at radius 2 is 0.938 bits per heavy atom. The van der Waals surface area contributed by atoms with E-state index in [9.17, 15) is 33.9 Å². The maximum Gasteiger partial charge on any atom is 0.327 e. The standard InChI is InChI=1S/C29H55N11O7S/c1-15(2)12-20(25(44)37-19(9-7-11-35-29(32)33)24(43)40-22(14-48)27(46)47)39-26(45)21(13-16(3)4)38-23(42)18(36-17(5)41)8-6-10-34-28(30)31/h15-16,18-22,48H,6-14H2,1-5H3,(H,36,41)(H,37,44)(H,38,42)(H,39,45)(H,40,43)(H,46,47)(H4,30,31,34)(H4,32,33,35)/t18-,19-,20-,21-,22+/m0/s1. The Bertz CT molecular complexity index is 1140. The number of carbonyl (C=O) groups is 6. The molecule has 0 spiro atoms. The van der Waals surface area contributed by atoms with E-state index in [0.29, 0.717) is 6.42 Å². The van der Waals surface area contributed by atoms with Gasteiger partial charge in [-0.05, 0) is 50.4 Å². The number of carboxylic acid groups (broad SMARTS) is 1. The van der Waals surface area contributed by atoms with Crippen molar-refractivity contribution in [1.29, 1.82) is 0 Å². The second-order valence-electron chi connectivity index (χ2n) is 12.2. The fourth-order valence-electron chi connectivity index (χ4n) is 4.47. The van der Waals surface area contributed by atoms with Crippen LogP contribution in [0.25, 0.3) is 0 Å². The minimum absolute atomic E-state index is 0.0492. The van der Waals surface area contributed by atoms with Gasteiger partial charge >= 0.3 is 5.97 Å². The van der Waals surface area contributed by atoms with Gasteiger partial charge in [0.15, 0.2) is 11.9 Å². The highest BCUT2D eigenvalue weighted by Crippen LogP contribution is 2.11. The number of aliphatic carboxylic acids is 1. The number of nitrogens with two attached hydrogens (primary N) is 4. The molecule has 0 fully saturated rings. The first-order chi connectivity index (χ1) is 22.4. The molecule has 274 valence electrons. The van der Waals surface area contributed by atoms with Crippen molar-refractivity contribution in [3.63, 3.8) is 0 Å². The predicted molar refractivity (Wildman–Crippen MR) is 186 cm³/mol. The van der Waals surface area contributed by atoms with E-state index in [1.54, 1.807) is 0 Å². The van der Waals surface area contributed by atoms with Crippen LogP contribution in [-0.4, -0.2) is 102 Å². The smallest absolute Gasteiger partial charge is 0.327 e. The van der Waals surface area contributed by atoms with Crippen molar-refractivity contribution in [1.82, 2.24) is 26.6 Å². The van der Waals surface area contributed by atoms with E-state index in [0.717, 1.165) is 0 Å². The van der Waals surface area contributed by atoms with Gasteiger partial charge in [-0.15, -0.1) is 0 Å². The van der Waals surface area contributed by atoms with E-state index in [2.05, 4.69) is 49.2 Å². The minimum atomic E-state index is -1.31. The monoisotopic (exact) mass is 701 g/mol. The summed E-state index contributed by atoms with van der Waals surface area (Å²) in [6, 6.07) is -5.66. The van der Waals surface area contributed by atoms with Gasteiger partial charge in [-0.1, -0.05) is 27.7 Å². The normalized spacial score (nSPS) is 14.0. The molecular weight excluding hydrogens is 646 g/mol. The maximum atomic E-state index is 13.6. The molecule has 0 radical (unpaired) electrons. The molecule has 0 aromatic heterocycles. The molecule has 0 aliphatic heterocycles. The third-order valence-electron chi connectivity index (χ3n) is 6.69. The van der Waals surface area contributed by atoms with Crippen molar-refractivity contribution < 1.29 is 33.9 Å². The highest BCUT2D eigenvalue weighted by atomic mass is 32.1. The lowest BCUT2D eigenvalue weighted by atomic mass is 9.99. The van der Waals surface area contributed by atoms with Crippen LogP contribution in [0.2, 0.25) is 0 Å². The summed E-state index contributed by atoms with van der Waals surface area (Å²) in [6.07, 6.45) is 1.27. The maximum absolute atomic E-state index is 13.6. The summed E-state index contributed by atoms with van der Waals surface area (Å²) in [5.74, 6) is -5.04. The Hall–Kier alpha value is -4.29. The van der Waals surface area contributed by atoms with Crippen molar-refractivity contribution in [2.24, 2.45) is 44.8 Å². The Balaban J connectivity index is 6.06. The van der Waals surface area contributed by atoms with Crippen LogP contribution in [0.15, 0.2) is 9.98 Å². The van der Waals surface area contributed by atoms with Gasteiger partial charge in [-0.25, -0.2) is 4.79 Å². The molecule has 0 aliphatic carbocycles. The van der Waals surface area contributed by atoms with Crippen LogP contribution >= 0.6 is 12.6 Å². The lowest BCUT2D eigenvalue weighted by Gasteiger charge is -2.28. The molecule has 0 aromatic carbocycles. The van der Waals surface area contributed by atoms with Crippen LogP contribution in [-0.2, 0) is 28.8 Å². The molecule has 0 bridgehead atoms. The van der Waals surface area contributed by atoms with E-state index in [1.165, 1.54) is 6.92 Å². The van der Waals surface area contributed by atoms with Crippen molar-refractivity contribution in [2.45, 2.75) is 103 Å². The Labute approximate surface area is 287 Å². The summed E-state index contributed by atoms with van der Waals surface area (Å²) < 4.78 is 0. The zero-order valence-corrected chi connectivity index (χ0v) is 29.3. The van der Waals surface area contributed by atoms with Gasteiger partial charge in [0.1, 0.15) is 30.2 Å². The van der Waals surface area contributed by atoms with Gasteiger partial charge in [-0.3, -0.25) is 34.0 Å². The number of hydrogen-bond donors (Lipinski definition) is 11. The molecule has 19 heteroatoms. The van der Waals surface area contributed by atoms with Gasteiger partial charge in [0.05, 0.1) is 0 Å². The molecule has 14 N–H and O–H groups in total. The molecule has 0 aromatic rings. The first-order valence-corrected chi connectivity index (χ1v) is 16.4. The average Bonchev–Trinajstić information content (AvgIpc) is 2.96. The number of nitrogens with zero attached hydrogens (tertiary/aromatic N) is 2. The van der Waals surface area contributed by atoms with Gasteiger partial charge in [0, 0.05) is 25.8 Å². The largest absolute Gasteiger partial charge is 0.480 e. The molecule has 0 rings (SSSR count). The summed E-state index contributed by atoms with van der Waals surface area (Å²) in [7, 11) is 0. The Morgan fingerprint density at radius 1 is 0.604 bits per heavy atom. The van der Waals surface area contributed by atoms with E-state index >= 15 is 0 Å². The number of rotatable bonds is 23. The topological polar surface area (TPSA) is 312 Å². The lowest BCUT2D eigenvalue weighted by molar-refractivity contribution is -0.141. The Kier molecular flexibility index (Phi) is 21.0. The minimum Gasteiger partial charge on any atom is -0.480 e. The van der Waals surface area contributed by atoms with Gasteiger partial charge in [0.25, 0.3) is 0 Å².